The van der Waals surface area contributed by atoms with E-state index in [2.05, 4.69) is 52.0 Å². The van der Waals surface area contributed by atoms with Crippen LogP contribution in [0.2, 0.25) is 0 Å². The Morgan fingerprint density at radius 1 is 0.447 bits per heavy atom. The third-order valence-corrected chi connectivity index (χ3v) is 6.33. The van der Waals surface area contributed by atoms with Crippen LogP contribution in [0.25, 0.3) is 0 Å². The van der Waals surface area contributed by atoms with Crippen LogP contribution in [-0.4, -0.2) is 48.7 Å². The van der Waals surface area contributed by atoms with Crippen LogP contribution < -0.4 is 0 Å². The third-order valence-electron chi connectivity index (χ3n) is 6.33. The molecular formula is C28H38O8S2. The molecule has 0 spiro atoms. The lowest BCUT2D eigenvalue weighted by Gasteiger charge is -2.24. The summed E-state index contributed by atoms with van der Waals surface area (Å²) in [6.07, 6.45) is 1.43. The lowest BCUT2D eigenvalue weighted by atomic mass is 9.81. The predicted molar refractivity (Wildman–Crippen MR) is 151 cm³/mol. The van der Waals surface area contributed by atoms with Crippen molar-refractivity contribution in [3.63, 3.8) is 0 Å². The van der Waals surface area contributed by atoms with Gasteiger partial charge in [-0.1, -0.05) is 76.2 Å². The summed E-state index contributed by atoms with van der Waals surface area (Å²) in [7, 11) is -7.33. The van der Waals surface area contributed by atoms with E-state index in [0.29, 0.717) is 47.7 Å². The second kappa shape index (κ2) is 14.3. The number of hydrogen-bond acceptors (Lipinski definition) is 6. The van der Waals surface area contributed by atoms with Crippen LogP contribution >= 0.6 is 0 Å². The molecule has 4 unspecified atom stereocenters. The average Bonchev–Trinajstić information content (AvgIpc) is 2.81. The van der Waals surface area contributed by atoms with Gasteiger partial charge in [0.05, 0.1) is 12.5 Å². The van der Waals surface area contributed by atoms with Gasteiger partial charge < -0.3 is 10.2 Å². The molecule has 0 aromatic heterocycles. The normalized spacial score (nSPS) is 14.5. The molecular weight excluding hydrogens is 528 g/mol. The van der Waals surface area contributed by atoms with Crippen LogP contribution in [0.4, 0.5) is 0 Å². The Kier molecular flexibility index (Phi) is 12.5. The topological polar surface area (TPSA) is 149 Å². The maximum absolute atomic E-state index is 9.50. The zero-order valence-electron chi connectivity index (χ0n) is 22.5. The molecule has 210 valence electrons. The van der Waals surface area contributed by atoms with E-state index in [1.54, 1.807) is 24.3 Å². The average molecular weight is 567 g/mol. The first-order valence-corrected chi connectivity index (χ1v) is 15.6. The van der Waals surface area contributed by atoms with Crippen molar-refractivity contribution in [2.75, 3.05) is 12.5 Å². The summed E-state index contributed by atoms with van der Waals surface area (Å²) in [4.78, 5) is 0. The molecule has 3 aromatic carbocycles. The van der Waals surface area contributed by atoms with E-state index in [1.165, 1.54) is 22.3 Å². The van der Waals surface area contributed by atoms with Gasteiger partial charge in [-0.2, -0.15) is 16.8 Å². The lowest BCUT2D eigenvalue weighted by molar-refractivity contribution is 0.474. The fourth-order valence-corrected chi connectivity index (χ4v) is 3.81. The van der Waals surface area contributed by atoms with Crippen molar-refractivity contribution in [3.05, 3.63) is 95.1 Å². The number of phenolic OH excluding ortho intramolecular Hbond substituents is 2. The van der Waals surface area contributed by atoms with Crippen LogP contribution in [0, 0.1) is 0 Å². The highest BCUT2D eigenvalue weighted by Crippen LogP contribution is 2.36. The molecule has 0 aliphatic carbocycles. The standard InChI is InChI=1S/C26H30O2.2CH4O3S/c1-17(19(3)23-9-13-25(27)14-10-23)21-5-7-22(8-6-21)18(2)20(4)24-11-15-26(28)16-12-24;2*1-5(2,3)4/h5-20,27-28H,1-4H3;2*1H3,(H,2,3,4). The smallest absolute Gasteiger partial charge is 0.261 e. The van der Waals surface area contributed by atoms with Gasteiger partial charge in [0.1, 0.15) is 11.5 Å². The maximum atomic E-state index is 9.50. The van der Waals surface area contributed by atoms with E-state index in [-0.39, 0.29) is 0 Å². The monoisotopic (exact) mass is 566 g/mol. The molecule has 38 heavy (non-hydrogen) atoms. The molecule has 0 fully saturated rings. The van der Waals surface area contributed by atoms with Gasteiger partial charge in [0.25, 0.3) is 20.2 Å². The minimum Gasteiger partial charge on any atom is -0.508 e. The molecule has 0 aliphatic rings. The Morgan fingerprint density at radius 2 is 0.579 bits per heavy atom. The second-order valence-corrected chi connectivity index (χ2v) is 12.4. The van der Waals surface area contributed by atoms with E-state index in [4.69, 9.17) is 9.11 Å². The highest BCUT2D eigenvalue weighted by molar-refractivity contribution is 7.85. The largest absolute Gasteiger partial charge is 0.508 e. The molecule has 0 aliphatic heterocycles. The maximum Gasteiger partial charge on any atom is 0.261 e. The summed E-state index contributed by atoms with van der Waals surface area (Å²) in [5, 5.41) is 19.0. The van der Waals surface area contributed by atoms with Gasteiger partial charge in [0.15, 0.2) is 0 Å². The van der Waals surface area contributed by atoms with Crippen LogP contribution in [0.3, 0.4) is 0 Å². The van der Waals surface area contributed by atoms with Crippen LogP contribution in [0.15, 0.2) is 72.8 Å². The Labute approximate surface area is 226 Å². The number of phenols is 2. The second-order valence-electron chi connectivity index (χ2n) is 9.47. The molecule has 0 radical (unpaired) electrons. The predicted octanol–water partition coefficient (Wildman–Crippen LogP) is 5.92. The molecule has 0 bridgehead atoms. The highest BCUT2D eigenvalue weighted by Gasteiger charge is 2.19. The zero-order chi connectivity index (χ0) is 29.3. The minimum atomic E-state index is -3.67. The summed E-state index contributed by atoms with van der Waals surface area (Å²) < 4.78 is 51.7. The van der Waals surface area contributed by atoms with Crippen molar-refractivity contribution in [2.24, 2.45) is 0 Å². The molecule has 8 nitrogen and oxygen atoms in total. The van der Waals surface area contributed by atoms with Crippen molar-refractivity contribution >= 4 is 20.2 Å². The van der Waals surface area contributed by atoms with Gasteiger partial charge >= 0.3 is 0 Å². The van der Waals surface area contributed by atoms with Crippen molar-refractivity contribution in [1.29, 1.82) is 0 Å². The quantitative estimate of drug-likeness (QED) is 0.269. The van der Waals surface area contributed by atoms with Crippen LogP contribution in [0.1, 0.15) is 73.6 Å². The molecule has 0 saturated heterocycles. The molecule has 4 atom stereocenters. The first kappa shape index (κ1) is 33.1. The molecule has 3 aromatic rings. The van der Waals surface area contributed by atoms with Gasteiger partial charge in [-0.25, -0.2) is 0 Å². The zero-order valence-corrected chi connectivity index (χ0v) is 24.1. The Balaban J connectivity index is 0.000000616. The summed E-state index contributed by atoms with van der Waals surface area (Å²) in [6.45, 7) is 8.99. The fourth-order valence-electron chi connectivity index (χ4n) is 3.81. The number of aromatic hydroxyl groups is 2. The van der Waals surface area contributed by atoms with Crippen molar-refractivity contribution < 1.29 is 36.2 Å². The Hall–Kier alpha value is -2.92. The van der Waals surface area contributed by atoms with Gasteiger partial charge in [-0.15, -0.1) is 0 Å². The Morgan fingerprint density at radius 3 is 0.737 bits per heavy atom. The minimum absolute atomic E-state index is 0.310. The van der Waals surface area contributed by atoms with Crippen molar-refractivity contribution in [1.82, 2.24) is 0 Å². The first-order valence-electron chi connectivity index (χ1n) is 11.9. The summed E-state index contributed by atoms with van der Waals surface area (Å²) in [6, 6.07) is 24.0. The van der Waals surface area contributed by atoms with Crippen LogP contribution in [-0.2, 0) is 20.2 Å². The molecule has 4 N–H and O–H groups in total. The van der Waals surface area contributed by atoms with E-state index >= 15 is 0 Å². The fraction of sp³-hybridized carbons (Fsp3) is 0.357. The molecule has 0 heterocycles. The highest BCUT2D eigenvalue weighted by atomic mass is 32.2. The molecule has 10 heteroatoms. The summed E-state index contributed by atoms with van der Waals surface area (Å²) in [5.41, 5.74) is 5.13. The van der Waals surface area contributed by atoms with Crippen molar-refractivity contribution in [3.8, 4) is 11.5 Å². The third kappa shape index (κ3) is 13.0. The van der Waals surface area contributed by atoms with Gasteiger partial charge in [-0.05, 0) is 70.2 Å². The van der Waals surface area contributed by atoms with Gasteiger partial charge in [-0.3, -0.25) is 9.11 Å². The van der Waals surface area contributed by atoms with Crippen molar-refractivity contribution in [2.45, 2.75) is 51.4 Å². The number of benzene rings is 3. The van der Waals surface area contributed by atoms with Crippen LogP contribution in [0.5, 0.6) is 11.5 Å². The SMILES string of the molecule is CC(c1ccc(O)cc1)C(C)c1ccc(C(C)C(C)c2ccc(O)cc2)cc1.CS(=O)(=O)O.CS(=O)(=O)O. The van der Waals surface area contributed by atoms with E-state index in [9.17, 15) is 27.0 Å². The van der Waals surface area contributed by atoms with E-state index in [0.717, 1.165) is 0 Å². The summed E-state index contributed by atoms with van der Waals surface area (Å²) in [5.74, 6) is 2.15. The first-order chi connectivity index (χ1) is 17.4. The number of hydrogen-bond donors (Lipinski definition) is 4. The van der Waals surface area contributed by atoms with Gasteiger partial charge in [0.2, 0.25) is 0 Å². The van der Waals surface area contributed by atoms with E-state index < -0.39 is 20.2 Å². The van der Waals surface area contributed by atoms with E-state index in [1.807, 2.05) is 24.3 Å². The lowest BCUT2D eigenvalue weighted by Crippen LogP contribution is -2.07. The number of rotatable bonds is 6. The molecule has 0 saturated carbocycles. The Bertz CT molecular complexity index is 1210. The molecule has 3 rings (SSSR count). The molecule has 0 amide bonds. The summed E-state index contributed by atoms with van der Waals surface area (Å²) >= 11 is 0. The van der Waals surface area contributed by atoms with Gasteiger partial charge in [0, 0.05) is 0 Å².